The normalized spacial score (nSPS) is 10.8. The molecule has 8 nitrogen and oxygen atoms in total. The molecule has 0 atom stereocenters. The second-order valence-corrected chi connectivity index (χ2v) is 7.76. The maximum atomic E-state index is 12.3. The number of nitrogens with one attached hydrogen (secondary N) is 2. The fourth-order valence-corrected chi connectivity index (χ4v) is 3.78. The van der Waals surface area contributed by atoms with E-state index in [9.17, 15) is 9.59 Å². The largest absolute Gasteiger partial charge is 0.350 e. The highest BCUT2D eigenvalue weighted by atomic mass is 35.5. The van der Waals surface area contributed by atoms with Gasteiger partial charge in [-0.2, -0.15) is 5.10 Å². The third-order valence-corrected chi connectivity index (χ3v) is 5.54. The van der Waals surface area contributed by atoms with Crippen molar-refractivity contribution in [1.29, 1.82) is 0 Å². The van der Waals surface area contributed by atoms with Crippen molar-refractivity contribution in [3.8, 4) is 0 Å². The van der Waals surface area contributed by atoms with Crippen molar-refractivity contribution in [2.45, 2.75) is 33.7 Å². The number of hydrogen-bond donors (Lipinski definition) is 2. The van der Waals surface area contributed by atoms with Crippen LogP contribution in [0.1, 0.15) is 43.5 Å². The van der Waals surface area contributed by atoms with Crippen LogP contribution in [0.5, 0.6) is 0 Å². The lowest BCUT2D eigenvalue weighted by atomic mass is 10.1. The zero-order valence-electron chi connectivity index (χ0n) is 16.3. The summed E-state index contributed by atoms with van der Waals surface area (Å²) in [5.74, 6) is -0.801. The summed E-state index contributed by atoms with van der Waals surface area (Å²) in [7, 11) is 0. The van der Waals surface area contributed by atoms with Gasteiger partial charge in [-0.15, -0.1) is 10.2 Å². The molecule has 0 spiro atoms. The first-order valence-electron chi connectivity index (χ1n) is 9.10. The molecule has 0 saturated heterocycles. The summed E-state index contributed by atoms with van der Waals surface area (Å²) in [6.07, 6.45) is 0.671. The Balaban J connectivity index is 1.56. The summed E-state index contributed by atoms with van der Waals surface area (Å²) in [5, 5.41) is 18.4. The zero-order chi connectivity index (χ0) is 21.0. The fourth-order valence-electron chi connectivity index (χ4n) is 2.94. The predicted octanol–water partition coefficient (Wildman–Crippen LogP) is 3.25. The van der Waals surface area contributed by atoms with Gasteiger partial charge in [-0.25, -0.2) is 0 Å². The lowest BCUT2D eigenvalue weighted by molar-refractivity contribution is 0.0951. The summed E-state index contributed by atoms with van der Waals surface area (Å²) in [6, 6.07) is 6.77. The van der Waals surface area contributed by atoms with Crippen molar-refractivity contribution in [2.24, 2.45) is 0 Å². The van der Waals surface area contributed by atoms with Gasteiger partial charge in [-0.3, -0.25) is 14.3 Å². The first kappa shape index (κ1) is 20.9. The maximum absolute atomic E-state index is 12.3. The molecular formula is C19H21ClN6O2S. The van der Waals surface area contributed by atoms with Crippen LogP contribution in [0.15, 0.2) is 24.3 Å². The van der Waals surface area contributed by atoms with E-state index in [0.29, 0.717) is 23.7 Å². The highest BCUT2D eigenvalue weighted by molar-refractivity contribution is 7.15. The van der Waals surface area contributed by atoms with Crippen LogP contribution in [0, 0.1) is 13.8 Å². The van der Waals surface area contributed by atoms with Gasteiger partial charge in [0, 0.05) is 29.5 Å². The van der Waals surface area contributed by atoms with Crippen LogP contribution in [0.2, 0.25) is 5.02 Å². The molecule has 0 bridgehead atoms. The number of amides is 2. The predicted molar refractivity (Wildman–Crippen MR) is 113 cm³/mol. The average molecular weight is 433 g/mol. The topological polar surface area (TPSA) is 102 Å². The summed E-state index contributed by atoms with van der Waals surface area (Å²) < 4.78 is 1.95. The number of anilines is 1. The van der Waals surface area contributed by atoms with Gasteiger partial charge >= 0.3 is 0 Å². The second kappa shape index (κ2) is 9.15. The van der Waals surface area contributed by atoms with Crippen molar-refractivity contribution in [3.63, 3.8) is 0 Å². The van der Waals surface area contributed by atoms with Crippen LogP contribution < -0.4 is 10.6 Å². The minimum atomic E-state index is -0.443. The van der Waals surface area contributed by atoms with E-state index in [0.717, 1.165) is 34.8 Å². The molecule has 2 aromatic heterocycles. The molecule has 29 heavy (non-hydrogen) atoms. The molecule has 1 aromatic carbocycles. The summed E-state index contributed by atoms with van der Waals surface area (Å²) in [6.45, 7) is 7.28. The van der Waals surface area contributed by atoms with Crippen LogP contribution in [-0.4, -0.2) is 38.3 Å². The second-order valence-electron chi connectivity index (χ2n) is 6.35. The van der Waals surface area contributed by atoms with Crippen LogP contribution in [0.3, 0.4) is 0 Å². The van der Waals surface area contributed by atoms with Crippen LogP contribution >= 0.6 is 22.9 Å². The van der Waals surface area contributed by atoms with E-state index in [1.807, 2.05) is 25.5 Å². The quantitative estimate of drug-likeness (QED) is 0.596. The average Bonchev–Trinajstić information content (AvgIpc) is 3.28. The van der Waals surface area contributed by atoms with E-state index >= 15 is 0 Å². The molecule has 10 heteroatoms. The molecule has 3 rings (SSSR count). The number of nitrogens with zero attached hydrogens (tertiary/aromatic N) is 4. The van der Waals surface area contributed by atoms with Crippen molar-refractivity contribution >= 4 is 40.4 Å². The van der Waals surface area contributed by atoms with E-state index in [1.165, 1.54) is 0 Å². The summed E-state index contributed by atoms with van der Waals surface area (Å²) in [4.78, 5) is 24.6. The molecular weight excluding hydrogens is 412 g/mol. The highest BCUT2D eigenvalue weighted by Gasteiger charge is 2.18. The van der Waals surface area contributed by atoms with Crippen molar-refractivity contribution in [3.05, 3.63) is 56.3 Å². The Labute approximate surface area is 177 Å². The lowest BCUT2D eigenvalue weighted by Crippen LogP contribution is -2.25. The number of aromatic nitrogens is 4. The molecule has 0 fully saturated rings. The monoisotopic (exact) mass is 432 g/mol. The number of aryl methyl sites for hydroxylation is 2. The van der Waals surface area contributed by atoms with Gasteiger partial charge in [0.05, 0.1) is 5.69 Å². The van der Waals surface area contributed by atoms with Gasteiger partial charge in [0.25, 0.3) is 11.8 Å². The Morgan fingerprint density at radius 3 is 2.55 bits per heavy atom. The van der Waals surface area contributed by atoms with Crippen LogP contribution in [-0.2, 0) is 13.0 Å². The van der Waals surface area contributed by atoms with Crippen LogP contribution in [0.4, 0.5) is 5.69 Å². The Bertz CT molecular complexity index is 1050. The van der Waals surface area contributed by atoms with E-state index < -0.39 is 5.91 Å². The van der Waals surface area contributed by atoms with Gasteiger partial charge in [0.2, 0.25) is 10.0 Å². The van der Waals surface area contributed by atoms with Crippen molar-refractivity contribution < 1.29 is 9.59 Å². The standard InChI is InChI=1S/C19H21ClN6O2S/c1-4-26-12(3)15(11(2)25-26)8-9-21-16(27)18-23-24-19(29-18)17(28)22-14-7-5-6-13(20)10-14/h5-7,10H,4,8-9H2,1-3H3,(H,21,27)(H,22,28). The van der Waals surface area contributed by atoms with Gasteiger partial charge in [0.1, 0.15) is 0 Å². The fraction of sp³-hybridized carbons (Fsp3) is 0.316. The number of carbonyl (C=O) groups excluding carboxylic acids is 2. The Morgan fingerprint density at radius 1 is 1.17 bits per heavy atom. The number of hydrogen-bond acceptors (Lipinski definition) is 6. The minimum Gasteiger partial charge on any atom is -0.350 e. The Morgan fingerprint density at radius 2 is 1.90 bits per heavy atom. The van der Waals surface area contributed by atoms with Crippen molar-refractivity contribution in [2.75, 3.05) is 11.9 Å². The van der Waals surface area contributed by atoms with Gasteiger partial charge in [0.15, 0.2) is 0 Å². The molecule has 2 amide bonds. The molecule has 0 aliphatic heterocycles. The highest BCUT2D eigenvalue weighted by Crippen LogP contribution is 2.17. The molecule has 0 unspecified atom stereocenters. The van der Waals surface area contributed by atoms with Crippen LogP contribution in [0.25, 0.3) is 0 Å². The molecule has 2 N–H and O–H groups in total. The Kier molecular flexibility index (Phi) is 6.60. The number of benzene rings is 1. The molecule has 0 aliphatic rings. The molecule has 2 heterocycles. The van der Waals surface area contributed by atoms with Gasteiger partial charge in [-0.1, -0.05) is 29.0 Å². The third kappa shape index (κ3) is 4.99. The van der Waals surface area contributed by atoms with E-state index in [2.05, 4.69) is 25.9 Å². The van der Waals surface area contributed by atoms with Gasteiger partial charge in [-0.05, 0) is 51.0 Å². The molecule has 0 aliphatic carbocycles. The summed E-state index contributed by atoms with van der Waals surface area (Å²) >= 11 is 6.84. The lowest BCUT2D eigenvalue weighted by Gasteiger charge is -2.04. The molecule has 0 radical (unpaired) electrons. The first-order valence-corrected chi connectivity index (χ1v) is 10.3. The number of halogens is 1. The SMILES string of the molecule is CCn1nc(C)c(CCNC(=O)c2nnc(C(=O)Nc3cccc(Cl)c3)s2)c1C. The molecule has 152 valence electrons. The van der Waals surface area contributed by atoms with E-state index in [4.69, 9.17) is 11.6 Å². The Hall–Kier alpha value is -2.78. The number of carbonyl (C=O) groups is 2. The first-order chi connectivity index (χ1) is 13.9. The maximum Gasteiger partial charge on any atom is 0.286 e. The van der Waals surface area contributed by atoms with Gasteiger partial charge < -0.3 is 10.6 Å². The minimum absolute atomic E-state index is 0.103. The third-order valence-electron chi connectivity index (χ3n) is 4.39. The van der Waals surface area contributed by atoms with E-state index in [-0.39, 0.29) is 15.9 Å². The number of rotatable bonds is 7. The zero-order valence-corrected chi connectivity index (χ0v) is 17.9. The smallest absolute Gasteiger partial charge is 0.286 e. The van der Waals surface area contributed by atoms with Crippen molar-refractivity contribution in [1.82, 2.24) is 25.3 Å². The van der Waals surface area contributed by atoms with E-state index in [1.54, 1.807) is 24.3 Å². The molecule has 3 aromatic rings. The summed E-state index contributed by atoms with van der Waals surface area (Å²) in [5.41, 5.74) is 3.75. The molecule has 0 saturated carbocycles.